The lowest BCUT2D eigenvalue weighted by Gasteiger charge is -2.30. The van der Waals surface area contributed by atoms with E-state index in [0.29, 0.717) is 6.07 Å². The molecule has 3 rings (SSSR count). The fraction of sp³-hybridized carbons (Fsp3) is 0.690. The standard InChI is InChI=1S/C17H21F3N2O5.C12H23N/c1-6-7-9(2)26-13-10(17(18,19)20)8-11(12(22-13)14(23)24)21-15(25)27-16(3,4)5;1-3-7-11(8-4-1)13-12-9-5-2-6-10-12/h6,8-9H,1,7H2,2-5H3,(H,21,25)(H,23,24);11-13H,1-10H2. The van der Waals surface area contributed by atoms with Crippen LogP contribution in [0.4, 0.5) is 23.7 Å². The summed E-state index contributed by atoms with van der Waals surface area (Å²) >= 11 is 0. The molecule has 2 aliphatic rings. The second kappa shape index (κ2) is 15.3. The number of hydrogen-bond acceptors (Lipinski definition) is 6. The minimum absolute atomic E-state index is 0.222. The quantitative estimate of drug-likeness (QED) is 0.274. The van der Waals surface area contributed by atoms with Gasteiger partial charge in [0, 0.05) is 18.5 Å². The predicted octanol–water partition coefficient (Wildman–Crippen LogP) is 7.73. The minimum Gasteiger partial charge on any atom is -0.476 e. The molecule has 3 N–H and O–H groups in total. The Kier molecular flexibility index (Phi) is 12.7. The summed E-state index contributed by atoms with van der Waals surface area (Å²) in [7, 11) is 0. The van der Waals surface area contributed by atoms with Gasteiger partial charge in [-0.15, -0.1) is 6.58 Å². The maximum Gasteiger partial charge on any atom is 0.421 e. The van der Waals surface area contributed by atoms with E-state index < -0.39 is 52.8 Å². The zero-order chi connectivity index (χ0) is 29.9. The van der Waals surface area contributed by atoms with Gasteiger partial charge in [-0.2, -0.15) is 13.2 Å². The lowest BCUT2D eigenvalue weighted by Crippen LogP contribution is -2.40. The number of aromatic nitrogens is 1. The number of aromatic carboxylic acids is 1. The van der Waals surface area contributed by atoms with Crippen LogP contribution >= 0.6 is 0 Å². The Morgan fingerprint density at radius 2 is 1.60 bits per heavy atom. The maximum absolute atomic E-state index is 13.4. The Balaban J connectivity index is 0.000000355. The largest absolute Gasteiger partial charge is 0.476 e. The first-order valence-electron chi connectivity index (χ1n) is 14.1. The molecule has 1 atom stereocenters. The highest BCUT2D eigenvalue weighted by Crippen LogP contribution is 2.38. The number of ether oxygens (including phenoxy) is 2. The van der Waals surface area contributed by atoms with Crippen molar-refractivity contribution in [1.29, 1.82) is 0 Å². The Morgan fingerprint density at radius 3 is 2.02 bits per heavy atom. The summed E-state index contributed by atoms with van der Waals surface area (Å²) < 4.78 is 50.2. The van der Waals surface area contributed by atoms with Gasteiger partial charge in [-0.3, -0.25) is 5.32 Å². The average molecular weight is 572 g/mol. The summed E-state index contributed by atoms with van der Waals surface area (Å²) in [5.74, 6) is -2.54. The van der Waals surface area contributed by atoms with Gasteiger partial charge in [0.25, 0.3) is 0 Å². The zero-order valence-electron chi connectivity index (χ0n) is 24.0. The van der Waals surface area contributed by atoms with Crippen molar-refractivity contribution in [1.82, 2.24) is 10.3 Å². The van der Waals surface area contributed by atoms with Gasteiger partial charge < -0.3 is 19.9 Å². The van der Waals surface area contributed by atoms with Crippen molar-refractivity contribution in [3.8, 4) is 5.88 Å². The number of anilines is 1. The van der Waals surface area contributed by atoms with Crippen LogP contribution in [0, 0.1) is 0 Å². The molecule has 2 saturated carbocycles. The summed E-state index contributed by atoms with van der Waals surface area (Å²) in [6.07, 6.45) is 9.50. The SMILES string of the molecule is C1CCC(NC2CCCCC2)CC1.C=CCC(C)Oc1nc(C(=O)O)c(NC(=O)OC(C)(C)C)cc1C(F)(F)F. The fourth-order valence-electron chi connectivity index (χ4n) is 4.81. The van der Waals surface area contributed by atoms with Crippen molar-refractivity contribution in [3.05, 3.63) is 30.0 Å². The molecule has 1 aromatic rings. The molecule has 1 aromatic heterocycles. The molecular weight excluding hydrogens is 527 g/mol. The summed E-state index contributed by atoms with van der Waals surface area (Å²) in [5, 5.41) is 15.1. The molecule has 1 amide bonds. The lowest BCUT2D eigenvalue weighted by atomic mass is 9.91. The average Bonchev–Trinajstić information content (AvgIpc) is 2.84. The van der Waals surface area contributed by atoms with E-state index in [1.807, 2.05) is 5.32 Å². The molecule has 1 unspecified atom stereocenters. The molecule has 226 valence electrons. The summed E-state index contributed by atoms with van der Waals surface area (Å²) in [6, 6.07) is 2.20. The van der Waals surface area contributed by atoms with E-state index >= 15 is 0 Å². The van der Waals surface area contributed by atoms with E-state index in [1.54, 1.807) is 20.8 Å². The van der Waals surface area contributed by atoms with Crippen LogP contribution < -0.4 is 15.4 Å². The van der Waals surface area contributed by atoms with Gasteiger partial charge in [-0.1, -0.05) is 44.6 Å². The summed E-state index contributed by atoms with van der Waals surface area (Å²) in [5.41, 5.74) is -3.73. The number of halogens is 3. The van der Waals surface area contributed by atoms with Gasteiger partial charge in [0.05, 0.1) is 5.69 Å². The highest BCUT2D eigenvalue weighted by Gasteiger charge is 2.38. The van der Waals surface area contributed by atoms with Crippen LogP contribution in [-0.2, 0) is 10.9 Å². The van der Waals surface area contributed by atoms with Gasteiger partial charge in [0.2, 0.25) is 5.88 Å². The molecule has 1 heterocycles. The third-order valence-electron chi connectivity index (χ3n) is 6.62. The molecule has 0 aliphatic heterocycles. The van der Waals surface area contributed by atoms with E-state index in [-0.39, 0.29) is 6.42 Å². The Labute approximate surface area is 235 Å². The lowest BCUT2D eigenvalue weighted by molar-refractivity contribution is -0.139. The summed E-state index contributed by atoms with van der Waals surface area (Å²) in [6.45, 7) is 9.57. The molecule has 0 spiro atoms. The molecule has 0 saturated heterocycles. The molecule has 0 radical (unpaired) electrons. The van der Waals surface area contributed by atoms with Crippen molar-refractivity contribution in [2.45, 2.75) is 128 Å². The Bertz CT molecular complexity index is 966. The number of rotatable bonds is 8. The number of pyridine rings is 1. The molecule has 11 heteroatoms. The molecule has 2 aliphatic carbocycles. The van der Waals surface area contributed by atoms with Crippen molar-refractivity contribution >= 4 is 17.7 Å². The van der Waals surface area contributed by atoms with Gasteiger partial charge in [0.15, 0.2) is 5.69 Å². The van der Waals surface area contributed by atoms with E-state index in [2.05, 4.69) is 16.9 Å². The fourth-order valence-corrected chi connectivity index (χ4v) is 4.81. The van der Waals surface area contributed by atoms with Gasteiger partial charge in [-0.25, -0.2) is 14.6 Å². The van der Waals surface area contributed by atoms with Gasteiger partial charge in [-0.05, 0) is 59.4 Å². The highest BCUT2D eigenvalue weighted by molar-refractivity contribution is 5.97. The van der Waals surface area contributed by atoms with Crippen LogP contribution in [0.1, 0.15) is 114 Å². The Hall–Kier alpha value is -2.82. The molecule has 8 nitrogen and oxygen atoms in total. The number of amides is 1. The van der Waals surface area contributed by atoms with Crippen molar-refractivity contribution in [2.75, 3.05) is 5.32 Å². The smallest absolute Gasteiger partial charge is 0.421 e. The molecule has 0 aromatic carbocycles. The van der Waals surface area contributed by atoms with Crippen molar-refractivity contribution in [3.63, 3.8) is 0 Å². The predicted molar refractivity (Wildman–Crippen MR) is 148 cm³/mol. The second-order valence-electron chi connectivity index (χ2n) is 11.5. The molecule has 2 fully saturated rings. The third-order valence-corrected chi connectivity index (χ3v) is 6.62. The molecule has 40 heavy (non-hydrogen) atoms. The Morgan fingerprint density at radius 1 is 1.07 bits per heavy atom. The highest BCUT2D eigenvalue weighted by atomic mass is 19.4. The molecule has 0 bridgehead atoms. The normalized spacial score (nSPS) is 17.7. The number of hydrogen-bond donors (Lipinski definition) is 3. The van der Waals surface area contributed by atoms with Gasteiger partial charge >= 0.3 is 18.2 Å². The zero-order valence-corrected chi connectivity index (χ0v) is 24.0. The number of carbonyl (C=O) groups excluding carboxylic acids is 1. The number of carbonyl (C=O) groups is 2. The van der Waals surface area contributed by atoms with Crippen molar-refractivity contribution in [2.24, 2.45) is 0 Å². The van der Waals surface area contributed by atoms with E-state index in [0.717, 1.165) is 12.1 Å². The van der Waals surface area contributed by atoms with Crippen LogP contribution in [-0.4, -0.2) is 45.9 Å². The van der Waals surface area contributed by atoms with Crippen LogP contribution in [0.3, 0.4) is 0 Å². The number of carboxylic acid groups (broad SMARTS) is 1. The molecular formula is C29H44F3N3O5. The number of nitrogens with one attached hydrogen (secondary N) is 2. The maximum atomic E-state index is 13.4. The van der Waals surface area contributed by atoms with E-state index in [9.17, 15) is 27.9 Å². The van der Waals surface area contributed by atoms with Crippen molar-refractivity contribution < 1.29 is 37.3 Å². The topological polar surface area (TPSA) is 110 Å². The first kappa shape index (κ1) is 33.4. The van der Waals surface area contributed by atoms with E-state index in [4.69, 9.17) is 9.47 Å². The van der Waals surface area contributed by atoms with Crippen LogP contribution in [0.25, 0.3) is 0 Å². The third kappa shape index (κ3) is 11.7. The first-order valence-corrected chi connectivity index (χ1v) is 14.1. The van der Waals surface area contributed by atoms with Crippen LogP contribution in [0.15, 0.2) is 18.7 Å². The first-order chi connectivity index (χ1) is 18.7. The van der Waals surface area contributed by atoms with Crippen LogP contribution in [0.5, 0.6) is 5.88 Å². The number of alkyl halides is 3. The monoisotopic (exact) mass is 571 g/mol. The number of nitrogens with zero attached hydrogens (tertiary/aromatic N) is 1. The van der Waals surface area contributed by atoms with E-state index in [1.165, 1.54) is 77.2 Å². The van der Waals surface area contributed by atoms with Crippen LogP contribution in [0.2, 0.25) is 0 Å². The summed E-state index contributed by atoms with van der Waals surface area (Å²) in [4.78, 5) is 26.7. The number of carboxylic acids is 1. The minimum atomic E-state index is -4.89. The van der Waals surface area contributed by atoms with Gasteiger partial charge in [0.1, 0.15) is 17.3 Å². The second-order valence-corrected chi connectivity index (χ2v) is 11.5.